The maximum Gasteiger partial charge on any atom is 0.311 e. The minimum atomic E-state index is -0.882. The maximum absolute atomic E-state index is 10.9. The number of hydrogen-bond donors (Lipinski definition) is 1. The van der Waals surface area contributed by atoms with E-state index in [0.717, 1.165) is 27.0 Å². The molecule has 0 saturated heterocycles. The molecule has 3 nitrogen and oxygen atoms in total. The number of thioether (sulfide) groups is 1. The van der Waals surface area contributed by atoms with Crippen molar-refractivity contribution in [3.63, 3.8) is 0 Å². The largest absolute Gasteiger partial charge is 0.481 e. The van der Waals surface area contributed by atoms with E-state index in [1.807, 2.05) is 36.6 Å². The molecule has 0 atom stereocenters. The second-order valence-electron chi connectivity index (χ2n) is 4.71. The second kappa shape index (κ2) is 5.66. The Morgan fingerprint density at radius 3 is 2.57 bits per heavy atom. The van der Waals surface area contributed by atoms with E-state index in [-0.39, 0.29) is 6.42 Å². The monoisotopic (exact) mass is 298 g/mol. The van der Waals surface area contributed by atoms with Crippen molar-refractivity contribution in [2.45, 2.75) is 11.3 Å². The zero-order valence-corrected chi connectivity index (χ0v) is 12.3. The van der Waals surface area contributed by atoms with Gasteiger partial charge in [-0.15, -0.1) is 11.8 Å². The summed E-state index contributed by atoms with van der Waals surface area (Å²) < 4.78 is 5.69. The molecule has 0 amide bonds. The number of carboxylic acids is 1. The normalized spacial score (nSPS) is 10.9. The summed E-state index contributed by atoms with van der Waals surface area (Å²) in [6.07, 6.45) is 1.84. The Morgan fingerprint density at radius 2 is 1.90 bits per heavy atom. The molecule has 1 N–H and O–H groups in total. The van der Waals surface area contributed by atoms with Crippen LogP contribution in [0.25, 0.3) is 22.1 Å². The zero-order valence-electron chi connectivity index (χ0n) is 11.5. The Morgan fingerprint density at radius 1 is 1.14 bits per heavy atom. The molecule has 0 spiro atoms. The number of carbonyl (C=O) groups is 1. The first-order chi connectivity index (χ1) is 10.2. The van der Waals surface area contributed by atoms with Crippen LogP contribution in [0.2, 0.25) is 0 Å². The van der Waals surface area contributed by atoms with Crippen molar-refractivity contribution in [3.05, 3.63) is 54.3 Å². The van der Waals surface area contributed by atoms with Gasteiger partial charge in [0.2, 0.25) is 0 Å². The van der Waals surface area contributed by atoms with Gasteiger partial charge >= 0.3 is 5.97 Å². The van der Waals surface area contributed by atoms with Crippen molar-refractivity contribution in [1.82, 2.24) is 0 Å². The SMILES string of the molecule is CSc1c(CC(=O)O)oc2ccc(-c3ccccc3)cc12. The Hall–Kier alpha value is -2.20. The van der Waals surface area contributed by atoms with Crippen LogP contribution in [0, 0.1) is 0 Å². The smallest absolute Gasteiger partial charge is 0.311 e. The van der Waals surface area contributed by atoms with E-state index in [0.29, 0.717) is 5.76 Å². The van der Waals surface area contributed by atoms with Gasteiger partial charge in [0.1, 0.15) is 17.8 Å². The Labute approximate surface area is 126 Å². The molecule has 21 heavy (non-hydrogen) atoms. The summed E-state index contributed by atoms with van der Waals surface area (Å²) in [6, 6.07) is 16.1. The fraction of sp³-hybridized carbons (Fsp3) is 0.118. The van der Waals surface area contributed by atoms with Crippen LogP contribution in [0.15, 0.2) is 57.8 Å². The third-order valence-electron chi connectivity index (χ3n) is 3.33. The van der Waals surface area contributed by atoms with Gasteiger partial charge in [-0.3, -0.25) is 4.79 Å². The van der Waals surface area contributed by atoms with Gasteiger partial charge < -0.3 is 9.52 Å². The molecule has 0 aliphatic rings. The summed E-state index contributed by atoms with van der Waals surface area (Å²) in [5.74, 6) is -0.358. The van der Waals surface area contributed by atoms with Crippen LogP contribution in [0.4, 0.5) is 0 Å². The van der Waals surface area contributed by atoms with Gasteiger partial charge in [-0.25, -0.2) is 0 Å². The van der Waals surface area contributed by atoms with Crippen LogP contribution in [0.1, 0.15) is 5.76 Å². The lowest BCUT2D eigenvalue weighted by molar-refractivity contribution is -0.136. The van der Waals surface area contributed by atoms with Crippen molar-refractivity contribution in [1.29, 1.82) is 0 Å². The van der Waals surface area contributed by atoms with Gasteiger partial charge in [0.25, 0.3) is 0 Å². The third-order valence-corrected chi connectivity index (χ3v) is 4.19. The molecule has 0 unspecified atom stereocenters. The molecule has 0 radical (unpaired) electrons. The van der Waals surface area contributed by atoms with Gasteiger partial charge in [-0.05, 0) is 29.5 Å². The van der Waals surface area contributed by atoms with Crippen LogP contribution in [0.5, 0.6) is 0 Å². The molecule has 0 aliphatic carbocycles. The highest BCUT2D eigenvalue weighted by Gasteiger charge is 2.16. The van der Waals surface area contributed by atoms with Crippen LogP contribution < -0.4 is 0 Å². The van der Waals surface area contributed by atoms with Gasteiger partial charge in [0.15, 0.2) is 0 Å². The van der Waals surface area contributed by atoms with Crippen LogP contribution >= 0.6 is 11.8 Å². The molecule has 1 aromatic heterocycles. The van der Waals surface area contributed by atoms with Crippen molar-refractivity contribution < 1.29 is 14.3 Å². The van der Waals surface area contributed by atoms with E-state index in [1.165, 1.54) is 11.8 Å². The predicted molar refractivity (Wildman–Crippen MR) is 84.8 cm³/mol. The predicted octanol–water partition coefficient (Wildman–Crippen LogP) is 4.45. The Balaban J connectivity index is 2.14. The molecule has 0 bridgehead atoms. The van der Waals surface area contributed by atoms with E-state index in [9.17, 15) is 4.79 Å². The molecular weight excluding hydrogens is 284 g/mol. The minimum Gasteiger partial charge on any atom is -0.481 e. The lowest BCUT2D eigenvalue weighted by atomic mass is 10.0. The van der Waals surface area contributed by atoms with E-state index < -0.39 is 5.97 Å². The summed E-state index contributed by atoms with van der Waals surface area (Å²) in [5.41, 5.74) is 2.96. The summed E-state index contributed by atoms with van der Waals surface area (Å²) in [5, 5.41) is 9.95. The number of benzene rings is 2. The molecule has 106 valence electrons. The van der Waals surface area contributed by atoms with Gasteiger partial charge in [0.05, 0.1) is 4.90 Å². The minimum absolute atomic E-state index is 0.0917. The van der Waals surface area contributed by atoms with Crippen molar-refractivity contribution in [3.8, 4) is 11.1 Å². The number of furan rings is 1. The molecule has 1 heterocycles. The first-order valence-corrected chi connectivity index (χ1v) is 7.78. The van der Waals surface area contributed by atoms with Gasteiger partial charge in [-0.2, -0.15) is 0 Å². The molecule has 3 rings (SSSR count). The number of fused-ring (bicyclic) bond motifs is 1. The molecule has 0 fully saturated rings. The zero-order chi connectivity index (χ0) is 14.8. The molecule has 3 aromatic rings. The Bertz CT molecular complexity index is 790. The number of aliphatic carboxylic acids is 1. The number of carboxylic acid groups (broad SMARTS) is 1. The summed E-state index contributed by atoms with van der Waals surface area (Å²) in [6.45, 7) is 0. The first kappa shape index (κ1) is 13.8. The fourth-order valence-corrected chi connectivity index (χ4v) is 3.13. The summed E-state index contributed by atoms with van der Waals surface area (Å²) >= 11 is 1.52. The standard InChI is InChI=1S/C17H14O3S/c1-21-17-13-9-12(11-5-3-2-4-6-11)7-8-14(13)20-15(17)10-16(18)19/h2-9H,10H2,1H3,(H,18,19). The van der Waals surface area contributed by atoms with E-state index in [1.54, 1.807) is 0 Å². The lowest BCUT2D eigenvalue weighted by Crippen LogP contribution is -1.99. The molecule has 2 aromatic carbocycles. The fourth-order valence-electron chi connectivity index (χ4n) is 2.41. The molecule has 0 saturated carbocycles. The average Bonchev–Trinajstić information content (AvgIpc) is 2.83. The van der Waals surface area contributed by atoms with Crippen LogP contribution in [-0.4, -0.2) is 17.3 Å². The third kappa shape index (κ3) is 2.67. The topological polar surface area (TPSA) is 50.4 Å². The van der Waals surface area contributed by atoms with Gasteiger partial charge in [0, 0.05) is 5.39 Å². The number of hydrogen-bond acceptors (Lipinski definition) is 3. The number of rotatable bonds is 4. The average molecular weight is 298 g/mol. The molecule has 0 aliphatic heterocycles. The van der Waals surface area contributed by atoms with Crippen molar-refractivity contribution >= 4 is 28.7 Å². The quantitative estimate of drug-likeness (QED) is 0.723. The van der Waals surface area contributed by atoms with Crippen LogP contribution in [-0.2, 0) is 11.2 Å². The van der Waals surface area contributed by atoms with Crippen LogP contribution in [0.3, 0.4) is 0 Å². The highest BCUT2D eigenvalue weighted by molar-refractivity contribution is 7.98. The van der Waals surface area contributed by atoms with Gasteiger partial charge in [-0.1, -0.05) is 36.4 Å². The van der Waals surface area contributed by atoms with E-state index in [2.05, 4.69) is 18.2 Å². The highest BCUT2D eigenvalue weighted by atomic mass is 32.2. The second-order valence-corrected chi connectivity index (χ2v) is 5.52. The van der Waals surface area contributed by atoms with E-state index in [4.69, 9.17) is 9.52 Å². The maximum atomic E-state index is 10.9. The van der Waals surface area contributed by atoms with Crippen molar-refractivity contribution in [2.24, 2.45) is 0 Å². The summed E-state index contributed by atoms with van der Waals surface area (Å²) in [7, 11) is 0. The van der Waals surface area contributed by atoms with Crippen molar-refractivity contribution in [2.75, 3.05) is 6.26 Å². The molecule has 4 heteroatoms. The Kier molecular flexibility index (Phi) is 3.71. The summed E-state index contributed by atoms with van der Waals surface area (Å²) in [4.78, 5) is 11.8. The lowest BCUT2D eigenvalue weighted by Gasteiger charge is -2.01. The highest BCUT2D eigenvalue weighted by Crippen LogP contribution is 2.35. The van der Waals surface area contributed by atoms with E-state index >= 15 is 0 Å². The molecular formula is C17H14O3S. The first-order valence-electron chi connectivity index (χ1n) is 6.55.